The minimum absolute atomic E-state index is 0.0189. The zero-order valence-electron chi connectivity index (χ0n) is 11.4. The van der Waals surface area contributed by atoms with Gasteiger partial charge in [-0.25, -0.2) is 4.79 Å². The first-order valence-corrected chi connectivity index (χ1v) is 7.56. The van der Waals surface area contributed by atoms with E-state index in [0.717, 1.165) is 0 Å². The number of aryl methyl sites for hydroxylation is 1. The van der Waals surface area contributed by atoms with Crippen molar-refractivity contribution < 1.29 is 14.6 Å². The number of rotatable bonds is 5. The largest absolute Gasteiger partial charge is 0.481 e. The van der Waals surface area contributed by atoms with Crippen LogP contribution in [0, 0.1) is 6.92 Å². The highest BCUT2D eigenvalue weighted by atomic mass is 32.2. The second-order valence-electron chi connectivity index (χ2n) is 4.92. The topological polar surface area (TPSA) is 127 Å². The zero-order valence-corrected chi connectivity index (χ0v) is 12.3. The number of nitrogens with two attached hydrogens (primary N) is 1. The molecule has 0 bridgehead atoms. The molecule has 0 aromatic carbocycles. The second-order valence-corrected chi connectivity index (χ2v) is 5.95. The molecule has 9 heteroatoms. The van der Waals surface area contributed by atoms with Crippen LogP contribution in [0.3, 0.4) is 0 Å². The highest BCUT2D eigenvalue weighted by Gasteiger charge is 2.34. The Kier molecular flexibility index (Phi) is 4.86. The van der Waals surface area contributed by atoms with Crippen molar-refractivity contribution in [2.24, 2.45) is 5.73 Å². The summed E-state index contributed by atoms with van der Waals surface area (Å²) in [4.78, 5) is 35.8. The predicted molar refractivity (Wildman–Crippen MR) is 77.5 cm³/mol. The molecular formula is C12H17N3O5S. The maximum atomic E-state index is 11.8. The number of nitrogens with zero attached hydrogens (tertiary/aromatic N) is 1. The maximum absolute atomic E-state index is 11.8. The lowest BCUT2D eigenvalue weighted by Gasteiger charge is -2.16. The first-order chi connectivity index (χ1) is 9.88. The minimum atomic E-state index is -0.893. The van der Waals surface area contributed by atoms with Crippen LogP contribution < -0.4 is 17.0 Å². The van der Waals surface area contributed by atoms with Crippen molar-refractivity contribution in [1.29, 1.82) is 0 Å². The quantitative estimate of drug-likeness (QED) is 0.654. The van der Waals surface area contributed by atoms with Gasteiger partial charge in [-0.05, 0) is 6.92 Å². The van der Waals surface area contributed by atoms with Gasteiger partial charge in [0.25, 0.3) is 5.56 Å². The molecule has 0 unspecified atom stereocenters. The normalized spacial score (nSPS) is 25.1. The van der Waals surface area contributed by atoms with Crippen molar-refractivity contribution in [2.45, 2.75) is 31.7 Å². The van der Waals surface area contributed by atoms with Crippen LogP contribution in [0.1, 0.15) is 18.2 Å². The highest BCUT2D eigenvalue weighted by Crippen LogP contribution is 2.28. The van der Waals surface area contributed by atoms with Crippen LogP contribution in [-0.2, 0) is 9.53 Å². The van der Waals surface area contributed by atoms with Gasteiger partial charge in [-0.2, -0.15) is 0 Å². The van der Waals surface area contributed by atoms with Crippen molar-refractivity contribution in [3.8, 4) is 0 Å². The van der Waals surface area contributed by atoms with Crippen LogP contribution in [0.4, 0.5) is 0 Å². The summed E-state index contributed by atoms with van der Waals surface area (Å²) in [5.41, 5.74) is 5.42. The van der Waals surface area contributed by atoms with E-state index in [0.29, 0.717) is 17.7 Å². The van der Waals surface area contributed by atoms with E-state index in [1.54, 1.807) is 6.92 Å². The molecular weight excluding hydrogens is 298 g/mol. The minimum Gasteiger partial charge on any atom is -0.481 e. The van der Waals surface area contributed by atoms with E-state index >= 15 is 0 Å². The number of aromatic nitrogens is 2. The first kappa shape index (κ1) is 15.8. The van der Waals surface area contributed by atoms with Gasteiger partial charge in [0.05, 0.1) is 11.9 Å². The molecule has 4 N–H and O–H groups in total. The summed E-state index contributed by atoms with van der Waals surface area (Å²) < 4.78 is 7.04. The van der Waals surface area contributed by atoms with Gasteiger partial charge in [0, 0.05) is 30.0 Å². The Morgan fingerprint density at radius 1 is 1.62 bits per heavy atom. The van der Waals surface area contributed by atoms with Gasteiger partial charge in [-0.3, -0.25) is 19.1 Å². The fraction of sp³-hybridized carbons (Fsp3) is 0.583. The van der Waals surface area contributed by atoms with Crippen molar-refractivity contribution in [2.75, 3.05) is 11.5 Å². The van der Waals surface area contributed by atoms with Gasteiger partial charge in [0.2, 0.25) is 0 Å². The number of ether oxygens (including phenoxy) is 1. The summed E-state index contributed by atoms with van der Waals surface area (Å²) in [6.45, 7) is 1.60. The predicted octanol–water partition coefficient (Wildman–Crippen LogP) is -0.722. The van der Waals surface area contributed by atoms with Gasteiger partial charge in [0.15, 0.2) is 0 Å². The third-order valence-corrected chi connectivity index (χ3v) is 4.26. The second kappa shape index (κ2) is 6.46. The van der Waals surface area contributed by atoms with Crippen LogP contribution in [0.2, 0.25) is 0 Å². The standard InChI is InChI=1S/C12H17N3O5S/c1-6-3-15(12(19)14-11(6)18)9-2-7(13)8(20-9)4-21-5-10(16)17/h3,7-9H,2,4-5,13H2,1H3,(H,16,17)(H,14,18,19)/t7-,8+,9+/m0/s1. The highest BCUT2D eigenvalue weighted by molar-refractivity contribution is 7.99. The Hall–Kier alpha value is -1.58. The van der Waals surface area contributed by atoms with Gasteiger partial charge in [-0.15, -0.1) is 11.8 Å². The Bertz CT molecular complexity index is 641. The number of H-pyrrole nitrogens is 1. The third kappa shape index (κ3) is 3.74. The third-order valence-electron chi connectivity index (χ3n) is 3.25. The summed E-state index contributed by atoms with van der Waals surface area (Å²) >= 11 is 1.22. The molecule has 0 aliphatic carbocycles. The number of nitrogens with one attached hydrogen (secondary N) is 1. The molecule has 0 amide bonds. The van der Waals surface area contributed by atoms with E-state index in [9.17, 15) is 14.4 Å². The molecule has 1 aromatic rings. The van der Waals surface area contributed by atoms with E-state index in [4.69, 9.17) is 15.6 Å². The van der Waals surface area contributed by atoms with Crippen LogP contribution in [-0.4, -0.2) is 44.3 Å². The molecule has 1 aromatic heterocycles. The number of thioether (sulfide) groups is 1. The zero-order chi connectivity index (χ0) is 15.6. The van der Waals surface area contributed by atoms with Crippen molar-refractivity contribution in [3.63, 3.8) is 0 Å². The molecule has 116 valence electrons. The van der Waals surface area contributed by atoms with E-state index < -0.39 is 23.4 Å². The van der Waals surface area contributed by atoms with E-state index in [2.05, 4.69) is 4.98 Å². The number of carboxylic acids is 1. The molecule has 1 aliphatic heterocycles. The van der Waals surface area contributed by atoms with Crippen molar-refractivity contribution >= 4 is 17.7 Å². The maximum Gasteiger partial charge on any atom is 0.330 e. The monoisotopic (exact) mass is 315 g/mol. The fourth-order valence-electron chi connectivity index (χ4n) is 2.15. The molecule has 0 spiro atoms. The summed E-state index contributed by atoms with van der Waals surface area (Å²) in [6, 6.07) is -0.282. The summed E-state index contributed by atoms with van der Waals surface area (Å²) in [7, 11) is 0. The molecule has 21 heavy (non-hydrogen) atoms. The average Bonchev–Trinajstić information content (AvgIpc) is 2.75. The van der Waals surface area contributed by atoms with Crippen LogP contribution in [0.25, 0.3) is 0 Å². The van der Waals surface area contributed by atoms with Crippen LogP contribution in [0.5, 0.6) is 0 Å². The number of carbonyl (C=O) groups is 1. The Balaban J connectivity index is 2.07. The fourth-order valence-corrected chi connectivity index (χ4v) is 3.00. The molecule has 1 aliphatic rings. The molecule has 2 heterocycles. The Morgan fingerprint density at radius 2 is 2.33 bits per heavy atom. The van der Waals surface area contributed by atoms with Crippen molar-refractivity contribution in [3.05, 3.63) is 32.6 Å². The van der Waals surface area contributed by atoms with E-state index in [1.807, 2.05) is 0 Å². The lowest BCUT2D eigenvalue weighted by atomic mass is 10.1. The smallest absolute Gasteiger partial charge is 0.330 e. The molecule has 3 atom stereocenters. The van der Waals surface area contributed by atoms with Gasteiger partial charge < -0.3 is 15.6 Å². The lowest BCUT2D eigenvalue weighted by molar-refractivity contribution is -0.133. The SMILES string of the molecule is Cc1cn([C@H]2C[C@H](N)[C@@H](CSCC(=O)O)O2)c(=O)[nH]c1=O. The molecule has 0 radical (unpaired) electrons. The van der Waals surface area contributed by atoms with Crippen LogP contribution in [0.15, 0.2) is 15.8 Å². The summed E-state index contributed by atoms with van der Waals surface area (Å²) in [5.74, 6) is -0.466. The number of aliphatic carboxylic acids is 1. The summed E-state index contributed by atoms with van der Waals surface area (Å²) in [6.07, 6.45) is 1.02. The number of carboxylic acid groups (broad SMARTS) is 1. The average molecular weight is 315 g/mol. The molecule has 2 rings (SSSR count). The van der Waals surface area contributed by atoms with E-state index in [1.165, 1.54) is 22.5 Å². The first-order valence-electron chi connectivity index (χ1n) is 6.41. The Morgan fingerprint density at radius 3 is 3.00 bits per heavy atom. The number of hydrogen-bond donors (Lipinski definition) is 3. The summed E-state index contributed by atoms with van der Waals surface area (Å²) in [5, 5.41) is 8.60. The van der Waals surface area contributed by atoms with Gasteiger partial charge in [-0.1, -0.05) is 0 Å². The molecule has 8 nitrogen and oxygen atoms in total. The Labute approximate surface area is 124 Å². The van der Waals surface area contributed by atoms with Crippen LogP contribution >= 0.6 is 11.8 Å². The van der Waals surface area contributed by atoms with Gasteiger partial charge in [0.1, 0.15) is 6.23 Å². The van der Waals surface area contributed by atoms with E-state index in [-0.39, 0.29) is 17.9 Å². The molecule has 1 saturated heterocycles. The van der Waals surface area contributed by atoms with Crippen molar-refractivity contribution in [1.82, 2.24) is 9.55 Å². The number of hydrogen-bond acceptors (Lipinski definition) is 6. The number of aromatic amines is 1. The van der Waals surface area contributed by atoms with Gasteiger partial charge >= 0.3 is 11.7 Å². The lowest BCUT2D eigenvalue weighted by Crippen LogP contribution is -2.33. The molecule has 0 saturated carbocycles. The molecule has 1 fully saturated rings.